The fourth-order valence-electron chi connectivity index (χ4n) is 3.27. The summed E-state index contributed by atoms with van der Waals surface area (Å²) in [5, 5.41) is 9.64. The summed E-state index contributed by atoms with van der Waals surface area (Å²) in [6.45, 7) is 4.88. The number of methoxy groups -OCH3 is 1. The predicted molar refractivity (Wildman–Crippen MR) is 109 cm³/mol. The molecule has 0 fully saturated rings. The van der Waals surface area contributed by atoms with E-state index >= 15 is 0 Å². The molecule has 0 aliphatic carbocycles. The van der Waals surface area contributed by atoms with Gasteiger partial charge in [-0.05, 0) is 44.5 Å². The van der Waals surface area contributed by atoms with Gasteiger partial charge in [0.05, 0.1) is 18.4 Å². The van der Waals surface area contributed by atoms with Gasteiger partial charge in [-0.1, -0.05) is 30.3 Å². The first-order valence-electron chi connectivity index (χ1n) is 9.33. The van der Waals surface area contributed by atoms with Crippen LogP contribution < -0.4 is 10.1 Å². The molecule has 0 unspecified atom stereocenters. The molecule has 1 N–H and O–H groups in total. The molecule has 0 saturated heterocycles. The lowest BCUT2D eigenvalue weighted by Crippen LogP contribution is -2.40. The van der Waals surface area contributed by atoms with Crippen LogP contribution in [0.4, 0.5) is 5.69 Å². The van der Waals surface area contributed by atoms with Crippen LogP contribution >= 0.6 is 0 Å². The van der Waals surface area contributed by atoms with Crippen molar-refractivity contribution < 1.29 is 9.53 Å². The largest absolute Gasteiger partial charge is 0.497 e. The number of hydrogen-bond donors (Lipinski definition) is 1. The lowest BCUT2D eigenvalue weighted by atomic mass is 9.94. The number of nitrogens with zero attached hydrogens (tertiary/aromatic N) is 2. The third-order valence-corrected chi connectivity index (χ3v) is 4.70. The van der Waals surface area contributed by atoms with E-state index in [2.05, 4.69) is 24.3 Å². The molecule has 2 aromatic carbocycles. The van der Waals surface area contributed by atoms with Crippen LogP contribution in [-0.2, 0) is 4.79 Å². The zero-order valence-corrected chi connectivity index (χ0v) is 16.2. The fourth-order valence-corrected chi connectivity index (χ4v) is 3.27. The van der Waals surface area contributed by atoms with Gasteiger partial charge in [-0.3, -0.25) is 4.79 Å². The summed E-state index contributed by atoms with van der Waals surface area (Å²) in [5.41, 5.74) is 2.69. The van der Waals surface area contributed by atoms with Gasteiger partial charge in [-0.2, -0.15) is 5.10 Å². The Hall–Kier alpha value is -2.82. The topological polar surface area (TPSA) is 53.9 Å². The third kappa shape index (κ3) is 4.67. The molecule has 3 rings (SSSR count). The van der Waals surface area contributed by atoms with Crippen molar-refractivity contribution in [1.29, 1.82) is 0 Å². The minimum absolute atomic E-state index is 0.0627. The van der Waals surface area contributed by atoms with Crippen LogP contribution in [0.2, 0.25) is 0 Å². The van der Waals surface area contributed by atoms with Crippen LogP contribution in [0.5, 0.6) is 5.75 Å². The summed E-state index contributed by atoms with van der Waals surface area (Å²) >= 11 is 0. The highest BCUT2D eigenvalue weighted by atomic mass is 16.5. The summed E-state index contributed by atoms with van der Waals surface area (Å²) in [6, 6.07) is 17.9. The van der Waals surface area contributed by atoms with Crippen LogP contribution in [-0.4, -0.2) is 35.8 Å². The molecule has 5 heteroatoms. The molecular formula is C22H27N3O2. The van der Waals surface area contributed by atoms with Gasteiger partial charge in [0, 0.05) is 30.6 Å². The number of para-hydroxylation sites is 1. The molecule has 0 saturated carbocycles. The highest BCUT2D eigenvalue weighted by Gasteiger charge is 2.38. The Morgan fingerprint density at radius 3 is 2.70 bits per heavy atom. The number of hydrazone groups is 1. The molecule has 1 aliphatic heterocycles. The minimum Gasteiger partial charge on any atom is -0.497 e. The Morgan fingerprint density at radius 1 is 1.19 bits per heavy atom. The summed E-state index contributed by atoms with van der Waals surface area (Å²) in [6.07, 6.45) is 1.97. The van der Waals surface area contributed by atoms with Crippen molar-refractivity contribution in [3.63, 3.8) is 0 Å². The zero-order chi connectivity index (χ0) is 19.3. The number of anilines is 1. The van der Waals surface area contributed by atoms with Gasteiger partial charge in [0.1, 0.15) is 5.75 Å². The number of nitrogens with one attached hydrogen (secondary N) is 1. The van der Waals surface area contributed by atoms with Gasteiger partial charge in [0.2, 0.25) is 5.91 Å². The quantitative estimate of drug-likeness (QED) is 0.744. The lowest BCUT2D eigenvalue weighted by molar-refractivity contribution is -0.135. The Bertz CT molecular complexity index is 815. The minimum atomic E-state index is -0.317. The SMILES string of the molecule is COc1cccc(C2=NN(C(=O)CCCNc3ccccc3)C(C)(C)C2)c1. The van der Waals surface area contributed by atoms with Gasteiger partial charge in [0.25, 0.3) is 0 Å². The Morgan fingerprint density at radius 2 is 1.96 bits per heavy atom. The summed E-state index contributed by atoms with van der Waals surface area (Å²) in [7, 11) is 1.65. The molecule has 142 valence electrons. The molecular weight excluding hydrogens is 338 g/mol. The van der Waals surface area contributed by atoms with Crippen molar-refractivity contribution >= 4 is 17.3 Å². The third-order valence-electron chi connectivity index (χ3n) is 4.70. The van der Waals surface area contributed by atoms with Crippen molar-refractivity contribution in [2.75, 3.05) is 19.0 Å². The molecule has 27 heavy (non-hydrogen) atoms. The number of carbonyl (C=O) groups excluding carboxylic acids is 1. The van der Waals surface area contributed by atoms with E-state index in [4.69, 9.17) is 4.74 Å². The zero-order valence-electron chi connectivity index (χ0n) is 16.2. The Kier molecular flexibility index (Phi) is 5.79. The van der Waals surface area contributed by atoms with E-state index in [0.717, 1.165) is 42.1 Å². The smallest absolute Gasteiger partial charge is 0.243 e. The van der Waals surface area contributed by atoms with Crippen molar-refractivity contribution in [2.45, 2.75) is 38.6 Å². The Labute approximate surface area is 161 Å². The number of ether oxygens (including phenoxy) is 1. The molecule has 2 aromatic rings. The van der Waals surface area contributed by atoms with Crippen LogP contribution in [0.1, 0.15) is 38.7 Å². The van der Waals surface area contributed by atoms with Gasteiger partial charge in [-0.15, -0.1) is 0 Å². The second-order valence-electron chi connectivity index (χ2n) is 7.37. The number of rotatable bonds is 7. The van der Waals surface area contributed by atoms with Gasteiger partial charge >= 0.3 is 0 Å². The number of benzene rings is 2. The van der Waals surface area contributed by atoms with E-state index in [9.17, 15) is 4.79 Å². The standard InChI is InChI=1S/C22H27N3O2/c1-22(2)16-20(17-9-7-12-19(15-17)27-3)24-25(22)21(26)13-8-14-23-18-10-5-4-6-11-18/h4-7,9-12,15,23H,8,13-14,16H2,1-3H3. The molecule has 0 atom stereocenters. The van der Waals surface area contributed by atoms with E-state index in [1.165, 1.54) is 0 Å². The van der Waals surface area contributed by atoms with Gasteiger partial charge in [0.15, 0.2) is 0 Å². The van der Waals surface area contributed by atoms with E-state index in [-0.39, 0.29) is 11.4 Å². The molecule has 0 radical (unpaired) electrons. The van der Waals surface area contributed by atoms with Crippen molar-refractivity contribution in [2.24, 2.45) is 5.10 Å². The van der Waals surface area contributed by atoms with E-state index in [1.54, 1.807) is 12.1 Å². The molecule has 1 heterocycles. The van der Waals surface area contributed by atoms with Gasteiger partial charge in [-0.25, -0.2) is 5.01 Å². The number of hydrogen-bond acceptors (Lipinski definition) is 4. The summed E-state index contributed by atoms with van der Waals surface area (Å²) in [5.74, 6) is 0.859. The highest BCUT2D eigenvalue weighted by Crippen LogP contribution is 2.31. The average Bonchev–Trinajstić information content (AvgIpc) is 3.01. The van der Waals surface area contributed by atoms with E-state index in [0.29, 0.717) is 6.42 Å². The molecule has 0 bridgehead atoms. The maximum atomic E-state index is 12.7. The molecule has 1 aliphatic rings. The monoisotopic (exact) mass is 365 g/mol. The molecule has 0 spiro atoms. The van der Waals surface area contributed by atoms with Crippen LogP contribution in [0.25, 0.3) is 0 Å². The number of amides is 1. The van der Waals surface area contributed by atoms with Gasteiger partial charge < -0.3 is 10.1 Å². The first kappa shape index (κ1) is 19.0. The van der Waals surface area contributed by atoms with Crippen LogP contribution in [0.3, 0.4) is 0 Å². The van der Waals surface area contributed by atoms with Crippen molar-refractivity contribution in [3.8, 4) is 5.75 Å². The highest BCUT2D eigenvalue weighted by molar-refractivity contribution is 6.03. The fraction of sp³-hybridized carbons (Fsp3) is 0.364. The van der Waals surface area contributed by atoms with Crippen LogP contribution in [0, 0.1) is 0 Å². The predicted octanol–water partition coefficient (Wildman–Crippen LogP) is 4.30. The average molecular weight is 365 g/mol. The van der Waals surface area contributed by atoms with Crippen LogP contribution in [0.15, 0.2) is 59.7 Å². The first-order chi connectivity index (χ1) is 13.0. The molecule has 5 nitrogen and oxygen atoms in total. The normalized spacial score (nSPS) is 15.4. The lowest BCUT2D eigenvalue weighted by Gasteiger charge is -2.28. The second-order valence-corrected chi connectivity index (χ2v) is 7.37. The Balaban J connectivity index is 1.60. The first-order valence-corrected chi connectivity index (χ1v) is 9.33. The summed E-state index contributed by atoms with van der Waals surface area (Å²) in [4.78, 5) is 12.7. The maximum Gasteiger partial charge on any atom is 0.243 e. The maximum absolute atomic E-state index is 12.7. The molecule has 0 aromatic heterocycles. The molecule has 1 amide bonds. The van der Waals surface area contributed by atoms with E-state index < -0.39 is 0 Å². The summed E-state index contributed by atoms with van der Waals surface area (Å²) < 4.78 is 5.30. The second kappa shape index (κ2) is 8.25. The van der Waals surface area contributed by atoms with Crippen molar-refractivity contribution in [1.82, 2.24) is 5.01 Å². The number of carbonyl (C=O) groups is 1. The van der Waals surface area contributed by atoms with E-state index in [1.807, 2.05) is 54.6 Å². The van der Waals surface area contributed by atoms with Crippen molar-refractivity contribution in [3.05, 3.63) is 60.2 Å².